The normalized spacial score (nSPS) is 15.7. The number of fused-ring (bicyclic) bond motifs is 2. The first-order valence-electron chi connectivity index (χ1n) is 12.0. The monoisotopic (exact) mass is 512 g/mol. The van der Waals surface area contributed by atoms with Crippen molar-refractivity contribution in [3.05, 3.63) is 77.5 Å². The highest BCUT2D eigenvalue weighted by atomic mass is 32.1. The van der Waals surface area contributed by atoms with E-state index in [1.54, 1.807) is 22.4 Å². The Kier molecular flexibility index (Phi) is 5.16. The van der Waals surface area contributed by atoms with Gasteiger partial charge in [-0.1, -0.05) is 6.07 Å². The molecule has 1 aromatic carbocycles. The number of likely N-dealkylation sites (tertiary alicyclic amines) is 1. The lowest BCUT2D eigenvalue weighted by Crippen LogP contribution is -2.24. The summed E-state index contributed by atoms with van der Waals surface area (Å²) in [4.78, 5) is 14.1. The summed E-state index contributed by atoms with van der Waals surface area (Å²) < 4.78 is 27.3. The van der Waals surface area contributed by atoms with Gasteiger partial charge in [-0.2, -0.15) is 16.4 Å². The Bertz CT molecular complexity index is 1740. The van der Waals surface area contributed by atoms with Gasteiger partial charge in [0, 0.05) is 60.0 Å². The molecule has 1 aliphatic heterocycles. The first-order valence-corrected chi connectivity index (χ1v) is 13.0. The van der Waals surface area contributed by atoms with Gasteiger partial charge in [-0.05, 0) is 57.8 Å². The number of alkyl halides is 2. The standard InChI is InChI=1S/C28H22F2N6S/c29-28(30)4-5-36(16-28)14-17-7-20(11-31-10-17)18-1-2-24-22(8-18)27(35-34-24)25-9-21-23(19-3-6-37-15-19)12-32-13-26(21)33-25/h1-3,6-13,15,33H,4-5,14,16H2,(H,34,35). The predicted octanol–water partition coefficient (Wildman–Crippen LogP) is 6.74. The van der Waals surface area contributed by atoms with E-state index in [2.05, 4.69) is 54.1 Å². The van der Waals surface area contributed by atoms with Crippen LogP contribution in [0.25, 0.3) is 55.4 Å². The molecule has 5 aromatic heterocycles. The SMILES string of the molecule is FC1(F)CCN(Cc2cncc(-c3ccc4[nH]nc(-c5cc6c(-c7ccsc7)cncc6[nH]5)c4c3)c2)C1. The molecule has 6 nitrogen and oxygen atoms in total. The Morgan fingerprint density at radius 2 is 1.84 bits per heavy atom. The number of pyridine rings is 2. The second-order valence-electron chi connectivity index (χ2n) is 9.57. The van der Waals surface area contributed by atoms with Gasteiger partial charge in [-0.15, -0.1) is 0 Å². The number of H-pyrrole nitrogens is 2. The first-order chi connectivity index (χ1) is 18.0. The van der Waals surface area contributed by atoms with Crippen LogP contribution < -0.4 is 0 Å². The molecule has 2 N–H and O–H groups in total. The molecule has 6 heterocycles. The van der Waals surface area contributed by atoms with Crippen molar-refractivity contribution < 1.29 is 8.78 Å². The van der Waals surface area contributed by atoms with Crippen LogP contribution in [-0.2, 0) is 6.54 Å². The van der Waals surface area contributed by atoms with E-state index >= 15 is 0 Å². The molecular weight excluding hydrogens is 490 g/mol. The van der Waals surface area contributed by atoms with Gasteiger partial charge in [-0.25, -0.2) is 8.78 Å². The quantitative estimate of drug-likeness (QED) is 0.268. The fraction of sp³-hybridized carbons (Fsp3) is 0.179. The smallest absolute Gasteiger partial charge is 0.261 e. The minimum Gasteiger partial charge on any atom is -0.352 e. The molecule has 184 valence electrons. The predicted molar refractivity (Wildman–Crippen MR) is 143 cm³/mol. The third kappa shape index (κ3) is 4.10. The number of aromatic nitrogens is 5. The number of thiophene rings is 1. The summed E-state index contributed by atoms with van der Waals surface area (Å²) in [5, 5.41) is 14.0. The Morgan fingerprint density at radius 3 is 2.68 bits per heavy atom. The van der Waals surface area contributed by atoms with E-state index in [0.717, 1.165) is 61.0 Å². The van der Waals surface area contributed by atoms with Crippen LogP contribution >= 0.6 is 11.3 Å². The van der Waals surface area contributed by atoms with Crippen molar-refractivity contribution in [1.29, 1.82) is 0 Å². The molecule has 1 saturated heterocycles. The molecule has 0 atom stereocenters. The summed E-state index contributed by atoms with van der Waals surface area (Å²) >= 11 is 1.66. The lowest BCUT2D eigenvalue weighted by molar-refractivity contribution is 0.0115. The molecule has 0 radical (unpaired) electrons. The van der Waals surface area contributed by atoms with Gasteiger partial charge >= 0.3 is 0 Å². The Labute approximate surface area is 215 Å². The summed E-state index contributed by atoms with van der Waals surface area (Å²) in [6.07, 6.45) is 7.21. The van der Waals surface area contributed by atoms with E-state index in [-0.39, 0.29) is 13.0 Å². The molecule has 1 fully saturated rings. The highest BCUT2D eigenvalue weighted by Crippen LogP contribution is 2.35. The molecule has 0 saturated carbocycles. The van der Waals surface area contributed by atoms with Crippen LogP contribution in [0.1, 0.15) is 12.0 Å². The second kappa shape index (κ2) is 8.57. The highest BCUT2D eigenvalue weighted by Gasteiger charge is 2.37. The lowest BCUT2D eigenvalue weighted by Gasteiger charge is -2.15. The van der Waals surface area contributed by atoms with E-state index in [4.69, 9.17) is 0 Å². The van der Waals surface area contributed by atoms with Crippen molar-refractivity contribution in [1.82, 2.24) is 30.0 Å². The molecule has 0 spiro atoms. The van der Waals surface area contributed by atoms with Crippen molar-refractivity contribution in [2.45, 2.75) is 18.9 Å². The highest BCUT2D eigenvalue weighted by molar-refractivity contribution is 7.08. The Hall–Kier alpha value is -3.95. The molecule has 0 aliphatic carbocycles. The lowest BCUT2D eigenvalue weighted by atomic mass is 10.0. The maximum Gasteiger partial charge on any atom is 0.261 e. The molecule has 1 aliphatic rings. The van der Waals surface area contributed by atoms with E-state index in [0.29, 0.717) is 13.1 Å². The van der Waals surface area contributed by atoms with Crippen molar-refractivity contribution >= 4 is 33.1 Å². The van der Waals surface area contributed by atoms with E-state index in [1.165, 1.54) is 0 Å². The maximum absolute atomic E-state index is 13.6. The van der Waals surface area contributed by atoms with Gasteiger partial charge in [-0.3, -0.25) is 20.0 Å². The third-order valence-corrected chi connectivity index (χ3v) is 7.66. The Morgan fingerprint density at radius 1 is 0.919 bits per heavy atom. The summed E-state index contributed by atoms with van der Waals surface area (Å²) in [7, 11) is 0. The summed E-state index contributed by atoms with van der Waals surface area (Å²) in [6.45, 7) is 0.663. The molecule has 0 amide bonds. The number of rotatable bonds is 5. The largest absolute Gasteiger partial charge is 0.352 e. The van der Waals surface area contributed by atoms with Crippen molar-refractivity contribution in [3.8, 4) is 33.6 Å². The topological polar surface area (TPSA) is 73.5 Å². The number of halogens is 2. The zero-order valence-corrected chi connectivity index (χ0v) is 20.5. The van der Waals surface area contributed by atoms with Crippen LogP contribution in [0, 0.1) is 0 Å². The van der Waals surface area contributed by atoms with Gasteiger partial charge in [0.25, 0.3) is 5.92 Å². The molecule has 7 rings (SSSR count). The van der Waals surface area contributed by atoms with Crippen molar-refractivity contribution in [2.75, 3.05) is 13.1 Å². The van der Waals surface area contributed by atoms with Crippen LogP contribution in [0.15, 0.2) is 71.9 Å². The van der Waals surface area contributed by atoms with Gasteiger partial charge in [0.05, 0.1) is 29.5 Å². The van der Waals surface area contributed by atoms with E-state index < -0.39 is 5.92 Å². The van der Waals surface area contributed by atoms with Gasteiger partial charge in [0.15, 0.2) is 0 Å². The minimum atomic E-state index is -2.60. The number of nitrogens with zero attached hydrogens (tertiary/aromatic N) is 4. The third-order valence-electron chi connectivity index (χ3n) is 6.98. The molecular formula is C28H22F2N6S. The number of nitrogens with one attached hydrogen (secondary N) is 2. The van der Waals surface area contributed by atoms with Gasteiger partial charge in [0.2, 0.25) is 0 Å². The van der Waals surface area contributed by atoms with Crippen LogP contribution in [0.2, 0.25) is 0 Å². The van der Waals surface area contributed by atoms with Gasteiger partial charge in [0.1, 0.15) is 5.69 Å². The zero-order chi connectivity index (χ0) is 25.0. The summed E-state index contributed by atoms with van der Waals surface area (Å²) in [6, 6.07) is 12.4. The fourth-order valence-electron chi connectivity index (χ4n) is 5.16. The van der Waals surface area contributed by atoms with Crippen LogP contribution in [0.5, 0.6) is 0 Å². The zero-order valence-electron chi connectivity index (χ0n) is 19.7. The van der Waals surface area contributed by atoms with Gasteiger partial charge < -0.3 is 4.98 Å². The number of aromatic amines is 2. The van der Waals surface area contributed by atoms with E-state index in [9.17, 15) is 8.78 Å². The summed E-state index contributed by atoms with van der Waals surface area (Å²) in [5.74, 6) is -2.60. The minimum absolute atomic E-state index is 0.0847. The second-order valence-corrected chi connectivity index (χ2v) is 10.4. The average Bonchev–Trinajstić information content (AvgIpc) is 3.69. The van der Waals surface area contributed by atoms with Crippen molar-refractivity contribution in [2.24, 2.45) is 0 Å². The van der Waals surface area contributed by atoms with Crippen molar-refractivity contribution in [3.63, 3.8) is 0 Å². The average molecular weight is 513 g/mol. The molecule has 37 heavy (non-hydrogen) atoms. The number of benzene rings is 1. The summed E-state index contributed by atoms with van der Waals surface area (Å²) in [5.41, 5.74) is 8.70. The van der Waals surface area contributed by atoms with Crippen LogP contribution in [0.4, 0.5) is 8.78 Å². The number of hydrogen-bond donors (Lipinski definition) is 2. The molecule has 0 unspecified atom stereocenters. The fourth-order valence-corrected chi connectivity index (χ4v) is 5.81. The molecule has 0 bridgehead atoms. The molecule has 6 aromatic rings. The van der Waals surface area contributed by atoms with Crippen LogP contribution in [0.3, 0.4) is 0 Å². The van der Waals surface area contributed by atoms with E-state index in [1.807, 2.05) is 36.8 Å². The Balaban J connectivity index is 1.24. The number of hydrogen-bond acceptors (Lipinski definition) is 5. The molecule has 9 heteroatoms. The van der Waals surface area contributed by atoms with Crippen LogP contribution in [-0.4, -0.2) is 49.1 Å². The maximum atomic E-state index is 13.6. The first kappa shape index (κ1) is 22.3.